The number of benzene rings is 2. The number of oxazole rings is 1. The molecule has 0 saturated carbocycles. The molecule has 0 bridgehead atoms. The van der Waals surface area contributed by atoms with Crippen LogP contribution in [0.2, 0.25) is 5.02 Å². The summed E-state index contributed by atoms with van der Waals surface area (Å²) in [6.45, 7) is 0. The summed E-state index contributed by atoms with van der Waals surface area (Å²) in [5, 5.41) is -1.000. The minimum atomic E-state index is -5.41. The number of carbonyl (C=O) groups excluding carboxylic acids is 1. The van der Waals surface area contributed by atoms with Crippen molar-refractivity contribution in [2.45, 2.75) is 12.4 Å². The minimum absolute atomic E-state index is 0.252. The van der Waals surface area contributed by atoms with Gasteiger partial charge >= 0.3 is 18.4 Å². The average molecular weight is 501 g/mol. The minimum Gasteiger partial charge on any atom is -0.443 e. The molecule has 3 aromatic rings. The fourth-order valence-corrected chi connectivity index (χ4v) is 2.83. The zero-order valence-corrected chi connectivity index (χ0v) is 16.7. The summed E-state index contributed by atoms with van der Waals surface area (Å²) >= 11 is 5.43. The molecule has 0 aliphatic carbocycles. The molecule has 5 nitrogen and oxygen atoms in total. The SMILES string of the molecule is CN(C(=O)Oc1c(-c2cnco2)cc(C(F)(F)F)cc1C(F)(F)F)c1ccc(F)c(Cl)c1F. The van der Waals surface area contributed by atoms with E-state index in [1.807, 2.05) is 0 Å². The number of amides is 1. The second-order valence-corrected chi connectivity index (χ2v) is 6.76. The van der Waals surface area contributed by atoms with Crippen molar-refractivity contribution in [3.05, 3.63) is 64.6 Å². The quantitative estimate of drug-likeness (QED) is 0.288. The number of hydrogen-bond acceptors (Lipinski definition) is 4. The normalized spacial score (nSPS) is 12.1. The zero-order valence-electron chi connectivity index (χ0n) is 16.0. The first-order chi connectivity index (χ1) is 15.2. The molecule has 1 aromatic heterocycles. The number of alkyl halides is 6. The van der Waals surface area contributed by atoms with E-state index in [0.29, 0.717) is 11.0 Å². The third kappa shape index (κ3) is 4.87. The largest absolute Gasteiger partial charge is 0.443 e. The standard InChI is InChI=1S/C19H9ClF8N2O3/c1-30(12-3-2-11(21)14(20)15(12)22)17(31)33-16-9(13-6-29-7-32-13)4-8(18(23,24)25)5-10(16)19(26,27)28/h2-7H,1H3. The highest BCUT2D eigenvalue weighted by atomic mass is 35.5. The predicted octanol–water partition coefficient (Wildman–Crippen LogP) is 6.95. The van der Waals surface area contributed by atoms with Crippen molar-refractivity contribution in [1.82, 2.24) is 4.98 Å². The van der Waals surface area contributed by atoms with Gasteiger partial charge in [0.15, 0.2) is 23.7 Å². The highest BCUT2D eigenvalue weighted by Gasteiger charge is 2.42. The molecule has 0 fully saturated rings. The first-order valence-corrected chi connectivity index (χ1v) is 8.90. The van der Waals surface area contributed by atoms with Crippen molar-refractivity contribution in [2.75, 3.05) is 11.9 Å². The van der Waals surface area contributed by atoms with E-state index < -0.39 is 69.0 Å². The molecular weight excluding hydrogens is 492 g/mol. The molecule has 0 N–H and O–H groups in total. The number of nitrogens with zero attached hydrogens (tertiary/aromatic N) is 2. The third-order valence-corrected chi connectivity index (χ3v) is 4.61. The lowest BCUT2D eigenvalue weighted by Gasteiger charge is -2.22. The molecule has 0 spiro atoms. The summed E-state index contributed by atoms with van der Waals surface area (Å²) in [7, 11) is 0.862. The van der Waals surface area contributed by atoms with E-state index in [1.54, 1.807) is 0 Å². The van der Waals surface area contributed by atoms with Crippen molar-refractivity contribution in [3.63, 3.8) is 0 Å². The number of aromatic nitrogens is 1. The van der Waals surface area contributed by atoms with Crippen LogP contribution in [0.1, 0.15) is 11.1 Å². The smallest absolute Gasteiger partial charge is 0.420 e. The molecule has 3 rings (SSSR count). The Hall–Kier alpha value is -3.35. The first-order valence-electron chi connectivity index (χ1n) is 8.52. The van der Waals surface area contributed by atoms with Crippen LogP contribution in [0.15, 0.2) is 41.3 Å². The Bertz CT molecular complexity index is 1190. The fraction of sp³-hybridized carbons (Fsp3) is 0.158. The summed E-state index contributed by atoms with van der Waals surface area (Å²) in [6, 6.07) is 1.46. The number of rotatable bonds is 3. The van der Waals surface area contributed by atoms with E-state index >= 15 is 0 Å². The van der Waals surface area contributed by atoms with Crippen LogP contribution in [0.25, 0.3) is 11.3 Å². The Morgan fingerprint density at radius 2 is 1.76 bits per heavy atom. The van der Waals surface area contributed by atoms with Gasteiger partial charge in [-0.3, -0.25) is 4.90 Å². The number of ether oxygens (including phenoxy) is 1. The zero-order chi connectivity index (χ0) is 24.7. The van der Waals surface area contributed by atoms with Gasteiger partial charge in [0.2, 0.25) is 0 Å². The Kier molecular flexibility index (Phi) is 6.29. The van der Waals surface area contributed by atoms with Crippen molar-refractivity contribution < 1.29 is 49.1 Å². The molecule has 1 amide bonds. The number of halogens is 9. The van der Waals surface area contributed by atoms with Crippen LogP contribution in [0, 0.1) is 11.6 Å². The molecule has 0 aliphatic rings. The van der Waals surface area contributed by atoms with Crippen molar-refractivity contribution in [3.8, 4) is 17.1 Å². The van der Waals surface area contributed by atoms with E-state index in [1.165, 1.54) is 0 Å². The molecule has 0 aliphatic heterocycles. The van der Waals surface area contributed by atoms with Crippen LogP contribution >= 0.6 is 11.6 Å². The monoisotopic (exact) mass is 500 g/mol. The summed E-state index contributed by atoms with van der Waals surface area (Å²) in [5.74, 6) is -4.52. The van der Waals surface area contributed by atoms with Gasteiger partial charge in [-0.2, -0.15) is 26.3 Å². The molecule has 0 atom stereocenters. The number of anilines is 1. The number of carbonyl (C=O) groups is 1. The van der Waals surface area contributed by atoms with Crippen LogP contribution in [-0.4, -0.2) is 18.1 Å². The highest BCUT2D eigenvalue weighted by Crippen LogP contribution is 2.46. The van der Waals surface area contributed by atoms with Gasteiger partial charge in [0.1, 0.15) is 10.8 Å². The maximum absolute atomic E-state index is 14.2. The van der Waals surface area contributed by atoms with Gasteiger partial charge in [0, 0.05) is 7.05 Å². The highest BCUT2D eigenvalue weighted by molar-refractivity contribution is 6.31. The van der Waals surface area contributed by atoms with Crippen LogP contribution in [0.5, 0.6) is 5.75 Å². The Morgan fingerprint density at radius 3 is 2.30 bits per heavy atom. The van der Waals surface area contributed by atoms with E-state index in [9.17, 15) is 39.9 Å². The molecule has 14 heteroatoms. The molecule has 0 radical (unpaired) electrons. The Morgan fingerprint density at radius 1 is 1.09 bits per heavy atom. The third-order valence-electron chi connectivity index (χ3n) is 4.26. The van der Waals surface area contributed by atoms with Gasteiger partial charge in [-0.1, -0.05) is 11.6 Å². The van der Waals surface area contributed by atoms with Gasteiger partial charge in [0.05, 0.1) is 28.6 Å². The lowest BCUT2D eigenvalue weighted by atomic mass is 10.0. The molecule has 0 unspecified atom stereocenters. The average Bonchev–Trinajstić information content (AvgIpc) is 3.24. The lowest BCUT2D eigenvalue weighted by Crippen LogP contribution is -2.31. The summed E-state index contributed by atoms with van der Waals surface area (Å²) in [6.07, 6.45) is -10.7. The fourth-order valence-electron chi connectivity index (χ4n) is 2.67. The van der Waals surface area contributed by atoms with Crippen molar-refractivity contribution >= 4 is 23.4 Å². The Labute approximate surface area is 184 Å². The molecule has 176 valence electrons. The van der Waals surface area contributed by atoms with Gasteiger partial charge in [-0.05, 0) is 24.3 Å². The van der Waals surface area contributed by atoms with Gasteiger partial charge in [0.25, 0.3) is 0 Å². The van der Waals surface area contributed by atoms with Crippen LogP contribution in [0.4, 0.5) is 45.6 Å². The van der Waals surface area contributed by atoms with E-state index in [4.69, 9.17) is 20.8 Å². The lowest BCUT2D eigenvalue weighted by molar-refractivity contribution is -0.143. The molecule has 0 saturated heterocycles. The second kappa shape index (κ2) is 8.54. The maximum Gasteiger partial charge on any atom is 0.420 e. The summed E-state index contributed by atoms with van der Waals surface area (Å²) in [4.78, 5) is 16.3. The predicted molar refractivity (Wildman–Crippen MR) is 97.7 cm³/mol. The van der Waals surface area contributed by atoms with Gasteiger partial charge < -0.3 is 9.15 Å². The van der Waals surface area contributed by atoms with Gasteiger partial charge in [-0.15, -0.1) is 0 Å². The number of hydrogen-bond donors (Lipinski definition) is 0. The van der Waals surface area contributed by atoms with Gasteiger partial charge in [-0.25, -0.2) is 18.6 Å². The van der Waals surface area contributed by atoms with Crippen LogP contribution in [0.3, 0.4) is 0 Å². The first kappa shape index (κ1) is 24.3. The molecule has 33 heavy (non-hydrogen) atoms. The summed E-state index contributed by atoms with van der Waals surface area (Å²) in [5.41, 5.74) is -5.23. The van der Waals surface area contributed by atoms with E-state index in [-0.39, 0.29) is 12.1 Å². The van der Waals surface area contributed by atoms with E-state index in [0.717, 1.165) is 25.7 Å². The topological polar surface area (TPSA) is 55.6 Å². The maximum atomic E-state index is 14.2. The molecule has 2 aromatic carbocycles. The summed E-state index contributed by atoms with van der Waals surface area (Å²) < 4.78 is 118. The second-order valence-electron chi connectivity index (χ2n) is 6.38. The Balaban J connectivity index is 2.15. The van der Waals surface area contributed by atoms with Crippen LogP contribution < -0.4 is 9.64 Å². The molecular formula is C19H9ClF8N2O3. The van der Waals surface area contributed by atoms with Crippen molar-refractivity contribution in [1.29, 1.82) is 0 Å². The van der Waals surface area contributed by atoms with Crippen molar-refractivity contribution in [2.24, 2.45) is 0 Å². The van der Waals surface area contributed by atoms with E-state index in [2.05, 4.69) is 4.98 Å². The van der Waals surface area contributed by atoms with Crippen LogP contribution in [-0.2, 0) is 12.4 Å². The molecule has 1 heterocycles.